The third-order valence-corrected chi connectivity index (χ3v) is 1.99. The zero-order chi connectivity index (χ0) is 12.3. The van der Waals surface area contributed by atoms with Crippen molar-refractivity contribution >= 4 is 10.4 Å². The third kappa shape index (κ3) is 4.71. The molecule has 0 bridgehead atoms. The summed E-state index contributed by atoms with van der Waals surface area (Å²) in [5.74, 6) is -5.24. The van der Waals surface area contributed by atoms with Crippen molar-refractivity contribution in [3.63, 3.8) is 0 Å². The first kappa shape index (κ1) is 14.5. The monoisotopic (exact) mass is 258 g/mol. The van der Waals surface area contributed by atoms with Crippen molar-refractivity contribution in [1.82, 2.24) is 0 Å². The van der Waals surface area contributed by atoms with Crippen molar-refractivity contribution in [3.8, 4) is 0 Å². The molecule has 0 spiro atoms. The van der Waals surface area contributed by atoms with Gasteiger partial charge in [0.05, 0.1) is 6.61 Å². The highest BCUT2D eigenvalue weighted by molar-refractivity contribution is 7.81. The lowest BCUT2D eigenvalue weighted by atomic mass is 10.3. The molecule has 10 heteroatoms. The quantitative estimate of drug-likeness (QED) is 0.701. The Hall–Kier alpha value is -0.480. The SMILES string of the molecule is CCOS(=O)(=O)OCC(F)(F)C(F)(F)F. The van der Waals surface area contributed by atoms with Gasteiger partial charge in [0.2, 0.25) is 0 Å². The van der Waals surface area contributed by atoms with Gasteiger partial charge in [0.1, 0.15) is 6.61 Å². The van der Waals surface area contributed by atoms with Gasteiger partial charge in [0.25, 0.3) is 0 Å². The average Bonchev–Trinajstić information content (AvgIpc) is 1.99. The minimum atomic E-state index is -5.87. The van der Waals surface area contributed by atoms with Gasteiger partial charge in [0.15, 0.2) is 0 Å². The molecule has 0 amide bonds. The summed E-state index contributed by atoms with van der Waals surface area (Å²) in [6, 6.07) is 0. The van der Waals surface area contributed by atoms with Gasteiger partial charge in [0, 0.05) is 0 Å². The van der Waals surface area contributed by atoms with E-state index in [0.29, 0.717) is 0 Å². The van der Waals surface area contributed by atoms with Crippen molar-refractivity contribution in [2.45, 2.75) is 19.0 Å². The van der Waals surface area contributed by atoms with E-state index in [1.807, 2.05) is 0 Å². The van der Waals surface area contributed by atoms with Gasteiger partial charge in [-0.2, -0.15) is 30.4 Å². The Kier molecular flexibility index (Phi) is 4.43. The van der Waals surface area contributed by atoms with E-state index in [9.17, 15) is 30.4 Å². The van der Waals surface area contributed by atoms with E-state index >= 15 is 0 Å². The van der Waals surface area contributed by atoms with E-state index in [1.165, 1.54) is 6.92 Å². The molecule has 0 rings (SSSR count). The standard InChI is InChI=1S/C5H7F5O4S/c1-2-13-15(11,12)14-3-4(6,7)5(8,9)10/h2-3H2,1H3. The molecular weight excluding hydrogens is 251 g/mol. The third-order valence-electron chi connectivity index (χ3n) is 1.06. The normalized spacial score (nSPS) is 14.3. The number of rotatable bonds is 5. The van der Waals surface area contributed by atoms with E-state index in [1.54, 1.807) is 0 Å². The summed E-state index contributed by atoms with van der Waals surface area (Å²) in [6.45, 7) is -1.57. The molecule has 0 aliphatic rings. The Balaban J connectivity index is 4.40. The predicted molar refractivity (Wildman–Crippen MR) is 37.5 cm³/mol. The molecule has 0 saturated heterocycles. The van der Waals surface area contributed by atoms with Gasteiger partial charge in [-0.05, 0) is 6.92 Å². The Morgan fingerprint density at radius 1 is 1.07 bits per heavy atom. The number of hydrogen-bond donors (Lipinski definition) is 0. The molecule has 0 radical (unpaired) electrons. The summed E-state index contributed by atoms with van der Waals surface area (Å²) >= 11 is 0. The van der Waals surface area contributed by atoms with Crippen LogP contribution in [0.25, 0.3) is 0 Å². The summed E-state index contributed by atoms with van der Waals surface area (Å²) < 4.78 is 86.9. The minimum Gasteiger partial charge on any atom is -0.248 e. The highest BCUT2D eigenvalue weighted by Gasteiger charge is 2.58. The Morgan fingerprint density at radius 2 is 1.53 bits per heavy atom. The molecule has 0 fully saturated rings. The zero-order valence-electron chi connectivity index (χ0n) is 7.35. The van der Waals surface area contributed by atoms with Crippen LogP contribution in [0.3, 0.4) is 0 Å². The second-order valence-electron chi connectivity index (χ2n) is 2.28. The van der Waals surface area contributed by atoms with Gasteiger partial charge in [-0.1, -0.05) is 0 Å². The van der Waals surface area contributed by atoms with Crippen molar-refractivity contribution in [3.05, 3.63) is 0 Å². The fourth-order valence-electron chi connectivity index (χ4n) is 0.406. The highest BCUT2D eigenvalue weighted by Crippen LogP contribution is 2.35. The van der Waals surface area contributed by atoms with Crippen LogP contribution in [0.5, 0.6) is 0 Å². The first-order valence-corrected chi connectivity index (χ1v) is 4.83. The first-order chi connectivity index (χ1) is 6.52. The lowest BCUT2D eigenvalue weighted by Crippen LogP contribution is -2.41. The lowest BCUT2D eigenvalue weighted by molar-refractivity contribution is -0.290. The van der Waals surface area contributed by atoms with E-state index in [0.717, 1.165) is 0 Å². The van der Waals surface area contributed by atoms with Crippen molar-refractivity contribution in [2.75, 3.05) is 13.2 Å². The molecule has 4 nitrogen and oxygen atoms in total. The maximum atomic E-state index is 12.1. The molecule has 0 heterocycles. The molecule has 0 aromatic heterocycles. The van der Waals surface area contributed by atoms with Crippen LogP contribution in [0, 0.1) is 0 Å². The smallest absolute Gasteiger partial charge is 0.248 e. The second-order valence-corrected chi connectivity index (χ2v) is 3.57. The zero-order valence-corrected chi connectivity index (χ0v) is 8.16. The number of hydrogen-bond acceptors (Lipinski definition) is 4. The van der Waals surface area contributed by atoms with Crippen LogP contribution >= 0.6 is 0 Å². The van der Waals surface area contributed by atoms with E-state index in [4.69, 9.17) is 0 Å². The fourth-order valence-corrected chi connectivity index (χ4v) is 1.06. The number of halogens is 5. The van der Waals surface area contributed by atoms with Crippen LogP contribution in [0.1, 0.15) is 6.92 Å². The van der Waals surface area contributed by atoms with Crippen LogP contribution in [-0.4, -0.2) is 33.7 Å². The van der Waals surface area contributed by atoms with Crippen molar-refractivity contribution in [1.29, 1.82) is 0 Å². The molecule has 0 aliphatic heterocycles. The van der Waals surface area contributed by atoms with E-state index < -0.39 is 35.7 Å². The van der Waals surface area contributed by atoms with Crippen LogP contribution in [0.2, 0.25) is 0 Å². The molecule has 15 heavy (non-hydrogen) atoms. The molecule has 92 valence electrons. The Morgan fingerprint density at radius 3 is 1.87 bits per heavy atom. The molecule has 0 aromatic rings. The predicted octanol–water partition coefficient (Wildman–Crippen LogP) is 1.48. The van der Waals surface area contributed by atoms with Crippen LogP contribution in [0.4, 0.5) is 22.0 Å². The highest BCUT2D eigenvalue weighted by atomic mass is 32.3. The molecule has 0 atom stereocenters. The topological polar surface area (TPSA) is 52.6 Å². The number of alkyl halides is 5. The average molecular weight is 258 g/mol. The van der Waals surface area contributed by atoms with Gasteiger partial charge in [-0.3, -0.25) is 0 Å². The van der Waals surface area contributed by atoms with Crippen LogP contribution < -0.4 is 0 Å². The summed E-state index contributed by atoms with van der Waals surface area (Å²) in [4.78, 5) is 0. The molecular formula is C5H7F5O4S. The van der Waals surface area contributed by atoms with Crippen molar-refractivity contribution < 1.29 is 38.7 Å². The molecule has 0 unspecified atom stereocenters. The molecule has 0 aromatic carbocycles. The molecule has 0 aliphatic carbocycles. The lowest BCUT2D eigenvalue weighted by Gasteiger charge is -2.18. The van der Waals surface area contributed by atoms with Gasteiger partial charge in [-0.15, -0.1) is 0 Å². The fraction of sp³-hybridized carbons (Fsp3) is 1.00. The van der Waals surface area contributed by atoms with Crippen LogP contribution in [-0.2, 0) is 18.8 Å². The first-order valence-electron chi connectivity index (χ1n) is 3.50. The summed E-state index contributed by atoms with van der Waals surface area (Å²) in [5, 5.41) is 0. The maximum Gasteiger partial charge on any atom is 0.455 e. The second kappa shape index (κ2) is 4.58. The maximum absolute atomic E-state index is 12.1. The Bertz CT molecular complexity index is 295. The largest absolute Gasteiger partial charge is 0.455 e. The molecule has 0 N–H and O–H groups in total. The van der Waals surface area contributed by atoms with Gasteiger partial charge < -0.3 is 0 Å². The van der Waals surface area contributed by atoms with Gasteiger partial charge in [-0.25, -0.2) is 8.37 Å². The van der Waals surface area contributed by atoms with E-state index in [2.05, 4.69) is 8.37 Å². The van der Waals surface area contributed by atoms with Gasteiger partial charge >= 0.3 is 22.5 Å². The minimum absolute atomic E-state index is 0.431. The summed E-state index contributed by atoms with van der Waals surface area (Å²) in [7, 11) is -4.81. The molecule has 0 saturated carbocycles. The Labute approximate surface area is 82.3 Å². The van der Waals surface area contributed by atoms with Crippen LogP contribution in [0.15, 0.2) is 0 Å². The van der Waals surface area contributed by atoms with Crippen molar-refractivity contribution in [2.24, 2.45) is 0 Å². The summed E-state index contributed by atoms with van der Waals surface area (Å²) in [5.41, 5.74) is 0. The van der Waals surface area contributed by atoms with E-state index in [-0.39, 0.29) is 0 Å². The summed E-state index contributed by atoms with van der Waals surface area (Å²) in [6.07, 6.45) is -5.87.